The predicted molar refractivity (Wildman–Crippen MR) is 136 cm³/mol. The molecule has 2 saturated heterocycles. The lowest BCUT2D eigenvalue weighted by Gasteiger charge is -2.32. The Morgan fingerprint density at radius 1 is 1.27 bits per heavy atom. The number of hydrogen-bond donors (Lipinski definition) is 3. The van der Waals surface area contributed by atoms with Gasteiger partial charge in [-0.05, 0) is 69.1 Å². The molecule has 1 aliphatic carbocycles. The number of benzene rings is 1. The van der Waals surface area contributed by atoms with Crippen molar-refractivity contribution in [3.63, 3.8) is 0 Å². The molecule has 0 radical (unpaired) electrons. The molecule has 2 aliphatic heterocycles. The van der Waals surface area contributed by atoms with Gasteiger partial charge in [-0.25, -0.2) is 8.42 Å². The standard InChI is InChI=1S/C26H35F2N3O5S/c1-26(9-12-37(33,34)16-26)31-24(32)19-5-6-21(22(14-19)30-15-17-7-10-35-11-8-17)23(29)18-3-2-4-20(13-18)36-25(27)28/h2-4,13,17,19,25,29-30H,5-12,14-16H2,1H3,(H,31,32)/t19-,26-/m0/s1. The first-order chi connectivity index (χ1) is 17.5. The van der Waals surface area contributed by atoms with Gasteiger partial charge in [0.2, 0.25) is 5.91 Å². The van der Waals surface area contributed by atoms with E-state index >= 15 is 0 Å². The highest BCUT2D eigenvalue weighted by Crippen LogP contribution is 2.33. The van der Waals surface area contributed by atoms with Gasteiger partial charge in [-0.15, -0.1) is 0 Å². The maximum absolute atomic E-state index is 13.2. The van der Waals surface area contributed by atoms with E-state index in [1.807, 2.05) is 0 Å². The minimum Gasteiger partial charge on any atom is -0.435 e. The Morgan fingerprint density at radius 2 is 2.03 bits per heavy atom. The van der Waals surface area contributed by atoms with Gasteiger partial charge in [-0.3, -0.25) is 10.2 Å². The highest BCUT2D eigenvalue weighted by Gasteiger charge is 2.41. The summed E-state index contributed by atoms with van der Waals surface area (Å²) in [7, 11) is -3.16. The highest BCUT2D eigenvalue weighted by molar-refractivity contribution is 7.91. The van der Waals surface area contributed by atoms with Crippen molar-refractivity contribution in [2.45, 2.75) is 57.6 Å². The van der Waals surface area contributed by atoms with E-state index in [1.54, 1.807) is 19.1 Å². The Kier molecular flexibility index (Phi) is 8.52. The first-order valence-electron chi connectivity index (χ1n) is 12.7. The van der Waals surface area contributed by atoms with Gasteiger partial charge in [0.15, 0.2) is 9.84 Å². The number of carbonyl (C=O) groups excluding carboxylic acids is 1. The third-order valence-corrected chi connectivity index (χ3v) is 9.35. The quantitative estimate of drug-likeness (QED) is 0.414. The van der Waals surface area contributed by atoms with Crippen LogP contribution in [0.4, 0.5) is 8.78 Å². The molecule has 2 fully saturated rings. The van der Waals surface area contributed by atoms with Crippen LogP contribution in [0, 0.1) is 17.2 Å². The lowest BCUT2D eigenvalue weighted by molar-refractivity contribution is -0.126. The maximum atomic E-state index is 13.2. The van der Waals surface area contributed by atoms with Crippen LogP contribution in [-0.4, -0.2) is 63.5 Å². The van der Waals surface area contributed by atoms with Crippen molar-refractivity contribution >= 4 is 21.5 Å². The summed E-state index contributed by atoms with van der Waals surface area (Å²) in [5, 5.41) is 15.3. The first-order valence-corrected chi connectivity index (χ1v) is 14.6. The lowest BCUT2D eigenvalue weighted by atomic mass is 9.82. The number of allylic oxidation sites excluding steroid dienone is 2. The molecule has 4 rings (SSSR count). The monoisotopic (exact) mass is 539 g/mol. The summed E-state index contributed by atoms with van der Waals surface area (Å²) in [6.45, 7) is 0.920. The van der Waals surface area contributed by atoms with Crippen LogP contribution in [0.5, 0.6) is 5.75 Å². The van der Waals surface area contributed by atoms with E-state index in [0.717, 1.165) is 24.1 Å². The largest absolute Gasteiger partial charge is 0.435 e. The number of nitrogens with one attached hydrogen (secondary N) is 3. The Hall–Kier alpha value is -2.53. The topological polar surface area (TPSA) is 118 Å². The molecule has 0 spiro atoms. The SMILES string of the molecule is C[C@]1(NC(=O)[C@H]2CCC(C(=N)c3cccc(OC(F)F)c3)=C(NCC3CCOCC3)C2)CCS(=O)(=O)C1. The van der Waals surface area contributed by atoms with Gasteiger partial charge in [0.25, 0.3) is 0 Å². The summed E-state index contributed by atoms with van der Waals surface area (Å²) >= 11 is 0. The van der Waals surface area contributed by atoms with Crippen LogP contribution in [-0.2, 0) is 19.4 Å². The second kappa shape index (κ2) is 11.5. The van der Waals surface area contributed by atoms with E-state index in [9.17, 15) is 22.0 Å². The van der Waals surface area contributed by atoms with Crippen LogP contribution in [0.3, 0.4) is 0 Å². The molecule has 8 nitrogen and oxygen atoms in total. The van der Waals surface area contributed by atoms with Crippen LogP contribution >= 0.6 is 0 Å². The maximum Gasteiger partial charge on any atom is 0.387 e. The predicted octanol–water partition coefficient (Wildman–Crippen LogP) is 3.42. The van der Waals surface area contributed by atoms with Gasteiger partial charge in [0.1, 0.15) is 5.75 Å². The van der Waals surface area contributed by atoms with E-state index < -0.39 is 22.0 Å². The smallest absolute Gasteiger partial charge is 0.387 e. The summed E-state index contributed by atoms with van der Waals surface area (Å²) in [6.07, 6.45) is 3.60. The second-order valence-electron chi connectivity index (χ2n) is 10.5. The molecule has 1 amide bonds. The van der Waals surface area contributed by atoms with Crippen molar-refractivity contribution in [1.82, 2.24) is 10.6 Å². The highest BCUT2D eigenvalue weighted by atomic mass is 32.2. The van der Waals surface area contributed by atoms with Crippen LogP contribution in [0.2, 0.25) is 0 Å². The van der Waals surface area contributed by atoms with E-state index in [-0.39, 0.29) is 34.8 Å². The molecule has 0 aromatic heterocycles. The third-order valence-electron chi connectivity index (χ3n) is 7.45. The number of alkyl halides is 2. The number of hydrogen-bond acceptors (Lipinski definition) is 7. The van der Waals surface area contributed by atoms with Gasteiger partial charge in [0.05, 0.1) is 22.8 Å². The normalized spacial score (nSPS) is 26.2. The summed E-state index contributed by atoms with van der Waals surface area (Å²) in [6, 6.07) is 6.11. The molecule has 3 aliphatic rings. The fourth-order valence-corrected chi connectivity index (χ4v) is 7.44. The summed E-state index contributed by atoms with van der Waals surface area (Å²) < 4.78 is 59.3. The Balaban J connectivity index is 1.52. The third kappa shape index (κ3) is 7.28. The minimum absolute atomic E-state index is 0.0117. The summed E-state index contributed by atoms with van der Waals surface area (Å²) in [4.78, 5) is 13.2. The zero-order chi connectivity index (χ0) is 26.6. The molecule has 2 heterocycles. The number of halogens is 2. The van der Waals surface area contributed by atoms with Crippen molar-refractivity contribution in [1.29, 1.82) is 5.41 Å². The molecule has 11 heteroatoms. The average Bonchev–Trinajstić information content (AvgIpc) is 3.14. The zero-order valence-electron chi connectivity index (χ0n) is 21.0. The molecule has 0 unspecified atom stereocenters. The van der Waals surface area contributed by atoms with Crippen LogP contribution in [0.25, 0.3) is 0 Å². The zero-order valence-corrected chi connectivity index (χ0v) is 21.8. The average molecular weight is 540 g/mol. The number of sulfone groups is 1. The fraction of sp³-hybridized carbons (Fsp3) is 0.615. The van der Waals surface area contributed by atoms with E-state index in [2.05, 4.69) is 15.4 Å². The van der Waals surface area contributed by atoms with Crippen molar-refractivity contribution in [2.75, 3.05) is 31.3 Å². The second-order valence-corrected chi connectivity index (χ2v) is 12.7. The molecule has 3 N–H and O–H groups in total. The fourth-order valence-electron chi connectivity index (χ4n) is 5.35. The van der Waals surface area contributed by atoms with Gasteiger partial charge in [0, 0.05) is 36.9 Å². The minimum atomic E-state index is -3.16. The summed E-state index contributed by atoms with van der Waals surface area (Å²) in [5.41, 5.74) is 1.45. The molecule has 2 atom stereocenters. The lowest BCUT2D eigenvalue weighted by Crippen LogP contribution is -2.49. The van der Waals surface area contributed by atoms with E-state index in [0.29, 0.717) is 56.9 Å². The molecular formula is C26H35F2N3O5S. The molecule has 1 aromatic carbocycles. The van der Waals surface area contributed by atoms with Crippen molar-refractivity contribution in [2.24, 2.45) is 11.8 Å². The van der Waals surface area contributed by atoms with Crippen LogP contribution in [0.1, 0.15) is 51.0 Å². The first kappa shape index (κ1) is 27.5. The van der Waals surface area contributed by atoms with Gasteiger partial charge < -0.3 is 20.1 Å². The van der Waals surface area contributed by atoms with E-state index in [1.165, 1.54) is 12.1 Å². The Bertz CT molecular complexity index is 1150. The number of rotatable bonds is 9. The van der Waals surface area contributed by atoms with Gasteiger partial charge in [-0.2, -0.15) is 8.78 Å². The van der Waals surface area contributed by atoms with Crippen molar-refractivity contribution < 1.29 is 31.5 Å². The van der Waals surface area contributed by atoms with Gasteiger partial charge >= 0.3 is 6.61 Å². The Labute approximate surface area is 216 Å². The number of ether oxygens (including phenoxy) is 2. The molecule has 37 heavy (non-hydrogen) atoms. The van der Waals surface area contributed by atoms with Crippen molar-refractivity contribution in [3.05, 3.63) is 41.1 Å². The molecular weight excluding hydrogens is 504 g/mol. The van der Waals surface area contributed by atoms with E-state index in [4.69, 9.17) is 10.1 Å². The molecule has 204 valence electrons. The molecule has 1 aromatic rings. The van der Waals surface area contributed by atoms with Gasteiger partial charge in [-0.1, -0.05) is 12.1 Å². The number of carbonyl (C=O) groups is 1. The summed E-state index contributed by atoms with van der Waals surface area (Å²) in [5.74, 6) is -0.123. The molecule has 0 saturated carbocycles. The van der Waals surface area contributed by atoms with Crippen molar-refractivity contribution in [3.8, 4) is 5.75 Å². The Morgan fingerprint density at radius 3 is 2.70 bits per heavy atom. The molecule has 0 bridgehead atoms. The van der Waals surface area contributed by atoms with Crippen LogP contribution in [0.15, 0.2) is 35.5 Å². The number of amides is 1. The van der Waals surface area contributed by atoms with Crippen LogP contribution < -0.4 is 15.4 Å².